The molecule has 5 N–H and O–H groups in total. The van der Waals surface area contributed by atoms with Crippen molar-refractivity contribution in [1.29, 1.82) is 0 Å². The van der Waals surface area contributed by atoms with Crippen LogP contribution in [0.5, 0.6) is 0 Å². The van der Waals surface area contributed by atoms with E-state index in [1.54, 1.807) is 36.0 Å². The van der Waals surface area contributed by atoms with Crippen LogP contribution in [0.15, 0.2) is 24.3 Å². The number of hydrogen-bond acceptors (Lipinski definition) is 5. The molecule has 2 unspecified atom stereocenters. The molecule has 0 bridgehead atoms. The molecule has 0 aliphatic carbocycles. The van der Waals surface area contributed by atoms with E-state index in [0.717, 1.165) is 12.1 Å². The van der Waals surface area contributed by atoms with Gasteiger partial charge in [-0.2, -0.15) is 11.8 Å². The molecule has 0 spiro atoms. The number of carboxylic acid groups (broad SMARTS) is 1. The van der Waals surface area contributed by atoms with Crippen molar-refractivity contribution in [3.05, 3.63) is 29.8 Å². The van der Waals surface area contributed by atoms with E-state index >= 15 is 0 Å². The van der Waals surface area contributed by atoms with E-state index in [4.69, 9.17) is 10.8 Å². The third-order valence-electron chi connectivity index (χ3n) is 3.45. The van der Waals surface area contributed by atoms with E-state index in [1.807, 2.05) is 13.2 Å². The van der Waals surface area contributed by atoms with E-state index in [0.29, 0.717) is 24.3 Å². The minimum absolute atomic E-state index is 0.0886. The summed E-state index contributed by atoms with van der Waals surface area (Å²) in [5, 5.41) is 14.9. The van der Waals surface area contributed by atoms with Gasteiger partial charge < -0.3 is 21.5 Å². The zero-order valence-corrected chi connectivity index (χ0v) is 14.4. The van der Waals surface area contributed by atoms with Crippen molar-refractivity contribution in [3.8, 4) is 0 Å². The van der Waals surface area contributed by atoms with Crippen LogP contribution < -0.4 is 16.4 Å². The number of carboxylic acids is 1. The number of nitrogens with two attached hydrogens (primary N) is 1. The molecule has 23 heavy (non-hydrogen) atoms. The Balaban J connectivity index is 2.60. The van der Waals surface area contributed by atoms with E-state index in [2.05, 4.69) is 10.6 Å². The first-order valence-corrected chi connectivity index (χ1v) is 8.99. The quantitative estimate of drug-likeness (QED) is 0.518. The summed E-state index contributed by atoms with van der Waals surface area (Å²) in [7, 11) is 0. The minimum Gasteiger partial charge on any atom is -0.480 e. The second kappa shape index (κ2) is 10.1. The van der Waals surface area contributed by atoms with Crippen molar-refractivity contribution in [2.24, 2.45) is 5.73 Å². The second-order valence-corrected chi connectivity index (χ2v) is 6.26. The van der Waals surface area contributed by atoms with Crippen LogP contribution in [0.2, 0.25) is 0 Å². The Labute approximate surface area is 141 Å². The van der Waals surface area contributed by atoms with Crippen LogP contribution in [0.4, 0.5) is 5.69 Å². The number of amides is 1. The number of thioether (sulfide) groups is 1. The molecule has 0 aliphatic rings. The molecule has 7 heteroatoms. The van der Waals surface area contributed by atoms with Crippen LogP contribution in [0.1, 0.15) is 30.1 Å². The molecule has 0 radical (unpaired) electrons. The summed E-state index contributed by atoms with van der Waals surface area (Å²) < 4.78 is 0. The number of carbonyl (C=O) groups excluding carboxylic acids is 1. The standard InChI is InChI=1S/C16H25N3O3S/c1-3-12(17)10-18-13-6-4-11(5-7-13)15(20)19-14(16(21)22)8-9-23-2/h4-7,12,14,18H,3,8-10,17H2,1-2H3,(H,19,20)(H,21,22). The predicted molar refractivity (Wildman–Crippen MR) is 95.1 cm³/mol. The molecule has 6 nitrogen and oxygen atoms in total. The van der Waals surface area contributed by atoms with Crippen molar-refractivity contribution in [2.75, 3.05) is 23.9 Å². The average molecular weight is 339 g/mol. The summed E-state index contributed by atoms with van der Waals surface area (Å²) in [6.45, 7) is 2.69. The van der Waals surface area contributed by atoms with Crippen molar-refractivity contribution in [3.63, 3.8) is 0 Å². The summed E-state index contributed by atoms with van der Waals surface area (Å²) in [4.78, 5) is 23.3. The molecular weight excluding hydrogens is 314 g/mol. The first kappa shape index (κ1) is 19.3. The van der Waals surface area contributed by atoms with Crippen LogP contribution in [0.25, 0.3) is 0 Å². The maximum absolute atomic E-state index is 12.1. The van der Waals surface area contributed by atoms with Crippen LogP contribution in [-0.4, -0.2) is 47.6 Å². The summed E-state index contributed by atoms with van der Waals surface area (Å²) in [5.74, 6) is -0.716. The Hall–Kier alpha value is -1.73. The van der Waals surface area contributed by atoms with Gasteiger partial charge in [0.15, 0.2) is 0 Å². The normalized spacial score (nSPS) is 13.2. The highest BCUT2D eigenvalue weighted by molar-refractivity contribution is 7.98. The molecule has 0 aromatic heterocycles. The van der Waals surface area contributed by atoms with Crippen LogP contribution in [0, 0.1) is 0 Å². The fraction of sp³-hybridized carbons (Fsp3) is 0.500. The number of anilines is 1. The Kier molecular flexibility index (Phi) is 8.50. The highest BCUT2D eigenvalue weighted by Gasteiger charge is 2.20. The Morgan fingerprint density at radius 2 is 1.96 bits per heavy atom. The SMILES string of the molecule is CCC(N)CNc1ccc(C(=O)NC(CCSC)C(=O)O)cc1. The van der Waals surface area contributed by atoms with Gasteiger partial charge in [0.25, 0.3) is 5.91 Å². The lowest BCUT2D eigenvalue weighted by molar-refractivity contribution is -0.139. The van der Waals surface area contributed by atoms with Crippen molar-refractivity contribution >= 4 is 29.3 Å². The topological polar surface area (TPSA) is 104 Å². The third kappa shape index (κ3) is 6.92. The Morgan fingerprint density at radius 1 is 1.30 bits per heavy atom. The third-order valence-corrected chi connectivity index (χ3v) is 4.10. The smallest absolute Gasteiger partial charge is 0.326 e. The zero-order chi connectivity index (χ0) is 17.2. The number of carbonyl (C=O) groups is 2. The minimum atomic E-state index is -1.01. The first-order chi connectivity index (χ1) is 11.0. The lowest BCUT2D eigenvalue weighted by Gasteiger charge is -2.15. The molecule has 1 amide bonds. The Bertz CT molecular complexity index is 508. The van der Waals surface area contributed by atoms with Gasteiger partial charge in [-0.15, -0.1) is 0 Å². The summed E-state index contributed by atoms with van der Waals surface area (Å²) in [6.07, 6.45) is 3.19. The summed E-state index contributed by atoms with van der Waals surface area (Å²) in [6, 6.07) is 6.14. The van der Waals surface area contributed by atoms with Crippen LogP contribution in [0.3, 0.4) is 0 Å². The fourth-order valence-electron chi connectivity index (χ4n) is 1.87. The van der Waals surface area contributed by atoms with Gasteiger partial charge in [0.1, 0.15) is 6.04 Å². The first-order valence-electron chi connectivity index (χ1n) is 7.60. The molecule has 1 aromatic carbocycles. The van der Waals surface area contributed by atoms with E-state index in [-0.39, 0.29) is 11.9 Å². The van der Waals surface area contributed by atoms with Gasteiger partial charge in [0, 0.05) is 23.8 Å². The van der Waals surface area contributed by atoms with Gasteiger partial charge >= 0.3 is 5.97 Å². The van der Waals surface area contributed by atoms with Gasteiger partial charge in [0.05, 0.1) is 0 Å². The predicted octanol–water partition coefficient (Wildman–Crippen LogP) is 1.77. The highest BCUT2D eigenvalue weighted by atomic mass is 32.2. The van der Waals surface area contributed by atoms with Gasteiger partial charge in [-0.25, -0.2) is 4.79 Å². The van der Waals surface area contributed by atoms with E-state index in [1.165, 1.54) is 0 Å². The molecule has 0 saturated carbocycles. The number of rotatable bonds is 10. The van der Waals surface area contributed by atoms with Gasteiger partial charge in [-0.05, 0) is 49.1 Å². The molecule has 0 fully saturated rings. The molecule has 0 saturated heterocycles. The van der Waals surface area contributed by atoms with Crippen molar-refractivity contribution < 1.29 is 14.7 Å². The molecule has 1 rings (SSSR count). The van der Waals surface area contributed by atoms with Gasteiger partial charge in [-0.3, -0.25) is 4.79 Å². The average Bonchev–Trinajstić information content (AvgIpc) is 2.56. The molecule has 1 aromatic rings. The fourth-order valence-corrected chi connectivity index (χ4v) is 2.34. The number of benzene rings is 1. The lowest BCUT2D eigenvalue weighted by atomic mass is 10.1. The van der Waals surface area contributed by atoms with E-state index < -0.39 is 12.0 Å². The van der Waals surface area contributed by atoms with E-state index in [9.17, 15) is 9.59 Å². The molecule has 0 aliphatic heterocycles. The number of hydrogen-bond donors (Lipinski definition) is 4. The molecular formula is C16H25N3O3S. The second-order valence-electron chi connectivity index (χ2n) is 5.27. The summed E-state index contributed by atoms with van der Waals surface area (Å²) in [5.41, 5.74) is 7.15. The van der Waals surface area contributed by atoms with Gasteiger partial charge in [-0.1, -0.05) is 6.92 Å². The summed E-state index contributed by atoms with van der Waals surface area (Å²) >= 11 is 1.55. The molecule has 2 atom stereocenters. The van der Waals surface area contributed by atoms with Crippen LogP contribution in [-0.2, 0) is 4.79 Å². The molecule has 0 heterocycles. The number of nitrogens with one attached hydrogen (secondary N) is 2. The van der Waals surface area contributed by atoms with Crippen LogP contribution >= 0.6 is 11.8 Å². The maximum atomic E-state index is 12.1. The maximum Gasteiger partial charge on any atom is 0.326 e. The zero-order valence-electron chi connectivity index (χ0n) is 13.5. The van der Waals surface area contributed by atoms with Gasteiger partial charge in [0.2, 0.25) is 0 Å². The van der Waals surface area contributed by atoms with Crippen molar-refractivity contribution in [1.82, 2.24) is 5.32 Å². The monoisotopic (exact) mass is 339 g/mol. The molecule has 128 valence electrons. The lowest BCUT2D eigenvalue weighted by Crippen LogP contribution is -2.41. The Morgan fingerprint density at radius 3 is 2.48 bits per heavy atom. The largest absolute Gasteiger partial charge is 0.480 e. The number of aliphatic carboxylic acids is 1. The highest BCUT2D eigenvalue weighted by Crippen LogP contribution is 2.10. The van der Waals surface area contributed by atoms with Crippen molar-refractivity contribution in [2.45, 2.75) is 31.8 Å².